The van der Waals surface area contributed by atoms with Gasteiger partial charge in [0.1, 0.15) is 27.8 Å². The van der Waals surface area contributed by atoms with Crippen molar-refractivity contribution in [3.05, 3.63) is 75.8 Å². The highest BCUT2D eigenvalue weighted by Gasteiger charge is 2.49. The maximum absolute atomic E-state index is 13.5. The summed E-state index contributed by atoms with van der Waals surface area (Å²) in [6, 6.07) is 9.48. The number of nitrogens with zero attached hydrogens (tertiary/aromatic N) is 2. The molecule has 2 aliphatic rings. The van der Waals surface area contributed by atoms with Gasteiger partial charge < -0.3 is 10.0 Å². The first-order valence-corrected chi connectivity index (χ1v) is 11.4. The van der Waals surface area contributed by atoms with Crippen molar-refractivity contribution in [3.8, 4) is 0 Å². The molecule has 31 heavy (non-hydrogen) atoms. The van der Waals surface area contributed by atoms with Gasteiger partial charge in [0.25, 0.3) is 15.9 Å². The van der Waals surface area contributed by atoms with Crippen LogP contribution < -0.4 is 0 Å². The van der Waals surface area contributed by atoms with Crippen LogP contribution in [0.25, 0.3) is 0 Å². The summed E-state index contributed by atoms with van der Waals surface area (Å²) >= 11 is 6.09. The van der Waals surface area contributed by atoms with Crippen LogP contribution in [0.3, 0.4) is 0 Å². The quantitative estimate of drug-likeness (QED) is 0.739. The second-order valence-electron chi connectivity index (χ2n) is 8.62. The number of carbonyl (C=O) groups is 1. The topological polar surface area (TPSA) is 87.0 Å². The van der Waals surface area contributed by atoms with E-state index in [-0.39, 0.29) is 39.1 Å². The van der Waals surface area contributed by atoms with Crippen molar-refractivity contribution < 1.29 is 22.7 Å². The van der Waals surface area contributed by atoms with E-state index in [1.165, 1.54) is 29.2 Å². The molecule has 0 aromatic heterocycles. The van der Waals surface area contributed by atoms with Gasteiger partial charge in [-0.25, -0.2) is 4.39 Å². The van der Waals surface area contributed by atoms with Gasteiger partial charge in [-0.05, 0) is 29.2 Å². The molecule has 0 radical (unpaired) electrons. The molecule has 0 spiro atoms. The summed E-state index contributed by atoms with van der Waals surface area (Å²) in [5.74, 6) is -1.20. The molecule has 0 fully saturated rings. The SMILES string of the molecule is CC(C)(C)C1C(O)=C(C2=NS(=O)(=O)c3c(Cl)cccc32)C(=O)N1Cc1ccc(F)cc1. The van der Waals surface area contributed by atoms with Gasteiger partial charge in [0.2, 0.25) is 0 Å². The molecule has 2 heterocycles. The van der Waals surface area contributed by atoms with E-state index in [1.807, 2.05) is 20.8 Å². The van der Waals surface area contributed by atoms with Gasteiger partial charge in [-0.15, -0.1) is 0 Å². The average Bonchev–Trinajstić information content (AvgIpc) is 3.07. The Morgan fingerprint density at radius 3 is 2.42 bits per heavy atom. The van der Waals surface area contributed by atoms with Crippen LogP contribution in [0.4, 0.5) is 4.39 Å². The van der Waals surface area contributed by atoms with Crippen molar-refractivity contribution in [2.24, 2.45) is 9.81 Å². The monoisotopic (exact) mass is 462 g/mol. The zero-order valence-electron chi connectivity index (χ0n) is 17.1. The Labute approximate surface area is 184 Å². The third kappa shape index (κ3) is 3.53. The van der Waals surface area contributed by atoms with Crippen molar-refractivity contribution in [2.75, 3.05) is 0 Å². The van der Waals surface area contributed by atoms with E-state index in [4.69, 9.17) is 11.6 Å². The van der Waals surface area contributed by atoms with Crippen LogP contribution in [0, 0.1) is 11.2 Å². The molecule has 0 bridgehead atoms. The third-order valence-corrected chi connectivity index (χ3v) is 7.12. The number of aliphatic hydroxyl groups excluding tert-OH is 1. The maximum atomic E-state index is 13.5. The van der Waals surface area contributed by atoms with Crippen molar-refractivity contribution in [1.29, 1.82) is 0 Å². The second-order valence-corrected chi connectivity index (χ2v) is 10.6. The Hall–Kier alpha value is -2.71. The van der Waals surface area contributed by atoms with Gasteiger partial charge in [0.05, 0.1) is 11.1 Å². The van der Waals surface area contributed by atoms with Crippen LogP contribution in [-0.4, -0.2) is 36.1 Å². The summed E-state index contributed by atoms with van der Waals surface area (Å²) in [4.78, 5) is 14.7. The van der Waals surface area contributed by atoms with Crippen LogP contribution in [0.1, 0.15) is 31.9 Å². The fourth-order valence-corrected chi connectivity index (χ4v) is 5.80. The Balaban J connectivity index is 1.84. The van der Waals surface area contributed by atoms with E-state index in [0.717, 1.165) is 0 Å². The summed E-state index contributed by atoms with van der Waals surface area (Å²) in [7, 11) is -4.11. The summed E-state index contributed by atoms with van der Waals surface area (Å²) in [5, 5.41) is 11.1. The number of hydrogen-bond acceptors (Lipinski definition) is 4. The predicted molar refractivity (Wildman–Crippen MR) is 115 cm³/mol. The number of aliphatic hydroxyl groups is 1. The Bertz CT molecular complexity index is 1260. The zero-order chi connectivity index (χ0) is 22.7. The van der Waals surface area contributed by atoms with Crippen LogP contribution in [0.15, 0.2) is 63.1 Å². The Morgan fingerprint density at radius 2 is 1.81 bits per heavy atom. The molecule has 2 aliphatic heterocycles. The van der Waals surface area contributed by atoms with Crippen molar-refractivity contribution in [3.63, 3.8) is 0 Å². The van der Waals surface area contributed by atoms with Gasteiger partial charge in [0, 0.05) is 12.1 Å². The normalized spacial score (nSPS) is 20.3. The molecule has 1 N–H and O–H groups in total. The molecule has 162 valence electrons. The number of benzene rings is 2. The molecule has 1 atom stereocenters. The zero-order valence-corrected chi connectivity index (χ0v) is 18.6. The van der Waals surface area contributed by atoms with Gasteiger partial charge in [-0.3, -0.25) is 4.79 Å². The Morgan fingerprint density at radius 1 is 1.16 bits per heavy atom. The number of hydrogen-bond donors (Lipinski definition) is 1. The Kier molecular flexibility index (Phi) is 4.98. The fraction of sp³-hybridized carbons (Fsp3) is 0.273. The van der Waals surface area contributed by atoms with E-state index in [1.54, 1.807) is 18.2 Å². The van der Waals surface area contributed by atoms with E-state index in [2.05, 4.69) is 4.40 Å². The average molecular weight is 463 g/mol. The summed E-state index contributed by atoms with van der Waals surface area (Å²) in [5.41, 5.74) is 0.000134. The minimum Gasteiger partial charge on any atom is -0.509 e. The predicted octanol–water partition coefficient (Wildman–Crippen LogP) is 4.24. The molecule has 2 aromatic carbocycles. The number of sulfonamides is 1. The van der Waals surface area contributed by atoms with Crippen molar-refractivity contribution in [1.82, 2.24) is 4.90 Å². The molecule has 1 unspecified atom stereocenters. The highest BCUT2D eigenvalue weighted by molar-refractivity contribution is 7.91. The fourth-order valence-electron chi connectivity index (χ4n) is 4.06. The minimum atomic E-state index is -4.11. The van der Waals surface area contributed by atoms with Crippen LogP contribution in [0.5, 0.6) is 0 Å². The smallest absolute Gasteiger partial charge is 0.285 e. The van der Waals surface area contributed by atoms with Crippen molar-refractivity contribution in [2.45, 2.75) is 38.3 Å². The molecule has 0 aliphatic carbocycles. The van der Waals surface area contributed by atoms with E-state index >= 15 is 0 Å². The highest BCUT2D eigenvalue weighted by Crippen LogP contribution is 2.42. The molecular weight excluding hydrogens is 443 g/mol. The molecular formula is C22H20ClFN2O4S. The standard InChI is InChI=1S/C22H20ClFN2O4S/c1-22(2,3)20-18(27)16(21(28)26(20)11-12-7-9-13(24)10-8-12)17-14-5-4-6-15(23)19(14)31(29,30)25-17/h4-10,20,27H,11H2,1-3H3. The number of fused-ring (bicyclic) bond motifs is 1. The highest BCUT2D eigenvalue weighted by atomic mass is 35.5. The molecule has 2 aromatic rings. The van der Waals surface area contributed by atoms with E-state index in [9.17, 15) is 22.7 Å². The molecule has 0 saturated heterocycles. The molecule has 6 nitrogen and oxygen atoms in total. The summed E-state index contributed by atoms with van der Waals surface area (Å²) < 4.78 is 42.3. The van der Waals surface area contributed by atoms with Gasteiger partial charge in [-0.2, -0.15) is 12.8 Å². The molecule has 0 saturated carbocycles. The second kappa shape index (κ2) is 7.17. The summed E-state index contributed by atoms with van der Waals surface area (Å²) in [6.45, 7) is 5.69. The first kappa shape index (κ1) is 21.5. The molecule has 1 amide bonds. The van der Waals surface area contributed by atoms with Gasteiger partial charge in [0.15, 0.2) is 0 Å². The summed E-state index contributed by atoms with van der Waals surface area (Å²) in [6.07, 6.45) is 0. The number of halogens is 2. The lowest BCUT2D eigenvalue weighted by Crippen LogP contribution is -2.43. The molecule has 4 rings (SSSR count). The van der Waals surface area contributed by atoms with Gasteiger partial charge in [-0.1, -0.05) is 56.6 Å². The lowest BCUT2D eigenvalue weighted by atomic mass is 9.84. The van der Waals surface area contributed by atoms with Crippen LogP contribution in [-0.2, 0) is 21.4 Å². The number of amides is 1. The first-order chi connectivity index (χ1) is 14.4. The third-order valence-electron chi connectivity index (χ3n) is 5.32. The van der Waals surface area contributed by atoms with Crippen LogP contribution in [0.2, 0.25) is 5.02 Å². The lowest BCUT2D eigenvalue weighted by Gasteiger charge is -2.35. The van der Waals surface area contributed by atoms with Gasteiger partial charge >= 0.3 is 0 Å². The minimum absolute atomic E-state index is 0.00248. The van der Waals surface area contributed by atoms with E-state index in [0.29, 0.717) is 5.56 Å². The number of rotatable bonds is 3. The van der Waals surface area contributed by atoms with Crippen LogP contribution >= 0.6 is 11.6 Å². The maximum Gasteiger partial charge on any atom is 0.285 e. The lowest BCUT2D eigenvalue weighted by molar-refractivity contribution is -0.129. The first-order valence-electron chi connectivity index (χ1n) is 9.54. The van der Waals surface area contributed by atoms with Crippen molar-refractivity contribution >= 4 is 33.2 Å². The van der Waals surface area contributed by atoms with E-state index < -0.39 is 33.2 Å². The largest absolute Gasteiger partial charge is 0.509 e. The molecule has 9 heteroatoms. The number of carbonyl (C=O) groups excluding carboxylic acids is 1.